The van der Waals surface area contributed by atoms with E-state index >= 15 is 0 Å². The summed E-state index contributed by atoms with van der Waals surface area (Å²) in [5.74, 6) is 0.401. The molecule has 0 aromatic rings. The zero-order chi connectivity index (χ0) is 12.5. The highest BCUT2D eigenvalue weighted by Crippen LogP contribution is 2.37. The van der Waals surface area contributed by atoms with E-state index in [1.54, 1.807) is 0 Å². The van der Waals surface area contributed by atoms with Gasteiger partial charge in [-0.25, -0.2) is 0 Å². The average Bonchev–Trinajstić information content (AvgIpc) is 3.01. The van der Waals surface area contributed by atoms with Gasteiger partial charge in [0.15, 0.2) is 0 Å². The molecule has 1 heteroatoms. The maximum atomic E-state index is 4.78. The van der Waals surface area contributed by atoms with Crippen LogP contribution in [0.5, 0.6) is 0 Å². The van der Waals surface area contributed by atoms with E-state index in [4.69, 9.17) is 4.99 Å². The zero-order valence-electron chi connectivity index (χ0n) is 10.9. The minimum Gasteiger partial charge on any atom is -0.252 e. The second-order valence-corrected chi connectivity index (χ2v) is 5.08. The number of aliphatic imine (C=N–C) groups is 1. The Bertz CT molecular complexity index is 573. The van der Waals surface area contributed by atoms with Crippen LogP contribution in [-0.4, -0.2) is 5.71 Å². The lowest BCUT2D eigenvalue weighted by Gasteiger charge is -2.11. The molecule has 0 spiro atoms. The molecule has 3 rings (SSSR count). The van der Waals surface area contributed by atoms with Crippen LogP contribution < -0.4 is 0 Å². The van der Waals surface area contributed by atoms with Crippen molar-refractivity contribution in [3.05, 3.63) is 71.0 Å². The van der Waals surface area contributed by atoms with Crippen molar-refractivity contribution in [3.8, 4) is 0 Å². The van der Waals surface area contributed by atoms with Crippen molar-refractivity contribution in [2.24, 2.45) is 10.9 Å². The van der Waals surface area contributed by atoms with E-state index < -0.39 is 0 Å². The summed E-state index contributed by atoms with van der Waals surface area (Å²) in [5, 5.41) is 0. The topological polar surface area (TPSA) is 12.4 Å². The van der Waals surface area contributed by atoms with E-state index in [9.17, 15) is 0 Å². The number of hydrogen-bond acceptors (Lipinski definition) is 1. The molecule has 0 bridgehead atoms. The molecule has 0 unspecified atom stereocenters. The van der Waals surface area contributed by atoms with Crippen LogP contribution in [0.3, 0.4) is 0 Å². The molecule has 1 heterocycles. The van der Waals surface area contributed by atoms with Crippen LogP contribution in [0.1, 0.15) is 20.3 Å². The molecule has 0 saturated carbocycles. The quantitative estimate of drug-likeness (QED) is 0.647. The Hall–Kier alpha value is -1.89. The van der Waals surface area contributed by atoms with Crippen LogP contribution in [0.4, 0.5) is 0 Å². The van der Waals surface area contributed by atoms with Gasteiger partial charge in [0, 0.05) is 23.6 Å². The Morgan fingerprint density at radius 3 is 2.72 bits per heavy atom. The van der Waals surface area contributed by atoms with Gasteiger partial charge in [-0.1, -0.05) is 48.1 Å². The molecule has 0 aromatic heterocycles. The average molecular weight is 235 g/mol. The SMILES string of the molecule is CC(C)=CCC1=NC2=CC=CC2=C1C1C=CC=C1. The highest BCUT2D eigenvalue weighted by atomic mass is 14.8. The highest BCUT2D eigenvalue weighted by molar-refractivity contribution is 6.07. The summed E-state index contributed by atoms with van der Waals surface area (Å²) in [6, 6.07) is 0. The van der Waals surface area contributed by atoms with Gasteiger partial charge < -0.3 is 0 Å². The normalized spacial score (nSPS) is 20.6. The second kappa shape index (κ2) is 4.41. The molecular formula is C17H17N. The Kier molecular flexibility index (Phi) is 2.75. The summed E-state index contributed by atoms with van der Waals surface area (Å²) in [6.45, 7) is 4.27. The predicted molar refractivity (Wildman–Crippen MR) is 77.5 cm³/mol. The summed E-state index contributed by atoms with van der Waals surface area (Å²) < 4.78 is 0. The van der Waals surface area contributed by atoms with Gasteiger partial charge >= 0.3 is 0 Å². The first-order chi connectivity index (χ1) is 8.75. The van der Waals surface area contributed by atoms with Crippen molar-refractivity contribution in [1.29, 1.82) is 0 Å². The Morgan fingerprint density at radius 2 is 2.00 bits per heavy atom. The van der Waals surface area contributed by atoms with E-state index in [0.717, 1.165) is 12.1 Å². The summed E-state index contributed by atoms with van der Waals surface area (Å²) in [5.41, 5.74) is 6.41. The van der Waals surface area contributed by atoms with Crippen LogP contribution in [0, 0.1) is 5.92 Å². The monoisotopic (exact) mass is 235 g/mol. The molecule has 0 amide bonds. The molecule has 18 heavy (non-hydrogen) atoms. The fourth-order valence-corrected chi connectivity index (χ4v) is 2.55. The zero-order valence-corrected chi connectivity index (χ0v) is 10.9. The molecule has 90 valence electrons. The van der Waals surface area contributed by atoms with Crippen molar-refractivity contribution in [2.75, 3.05) is 0 Å². The first kappa shape index (κ1) is 11.2. The van der Waals surface area contributed by atoms with E-state index in [2.05, 4.69) is 62.5 Å². The van der Waals surface area contributed by atoms with E-state index in [1.807, 2.05) is 0 Å². The van der Waals surface area contributed by atoms with Crippen LogP contribution in [0.15, 0.2) is 76.0 Å². The number of allylic oxidation sites excluding steroid dienone is 10. The second-order valence-electron chi connectivity index (χ2n) is 5.08. The van der Waals surface area contributed by atoms with E-state index in [1.165, 1.54) is 22.4 Å². The third-order valence-corrected chi connectivity index (χ3v) is 3.43. The van der Waals surface area contributed by atoms with Crippen molar-refractivity contribution >= 4 is 5.71 Å². The fourth-order valence-electron chi connectivity index (χ4n) is 2.55. The molecule has 0 atom stereocenters. The van der Waals surface area contributed by atoms with Gasteiger partial charge in [0.2, 0.25) is 0 Å². The first-order valence-electron chi connectivity index (χ1n) is 6.45. The van der Waals surface area contributed by atoms with Crippen molar-refractivity contribution in [3.63, 3.8) is 0 Å². The van der Waals surface area contributed by atoms with Gasteiger partial charge in [0.1, 0.15) is 0 Å². The smallest absolute Gasteiger partial charge is 0.0709 e. The van der Waals surface area contributed by atoms with Crippen LogP contribution >= 0.6 is 0 Å². The summed E-state index contributed by atoms with van der Waals surface area (Å²) in [7, 11) is 0. The maximum absolute atomic E-state index is 4.78. The predicted octanol–water partition coefficient (Wildman–Crippen LogP) is 4.29. The van der Waals surface area contributed by atoms with Crippen LogP contribution in [-0.2, 0) is 0 Å². The van der Waals surface area contributed by atoms with Crippen LogP contribution in [0.25, 0.3) is 0 Å². The fraction of sp³-hybridized carbons (Fsp3) is 0.235. The highest BCUT2D eigenvalue weighted by Gasteiger charge is 2.27. The number of fused-ring (bicyclic) bond motifs is 1. The summed E-state index contributed by atoms with van der Waals surface area (Å²) in [4.78, 5) is 4.78. The molecule has 0 fully saturated rings. The molecule has 0 N–H and O–H groups in total. The molecule has 1 nitrogen and oxygen atoms in total. The minimum absolute atomic E-state index is 0.401. The van der Waals surface area contributed by atoms with Gasteiger partial charge in [-0.15, -0.1) is 0 Å². The molecule has 1 aliphatic heterocycles. The standard InChI is InChI=1S/C17H17N/c1-12(2)10-11-16-17(13-6-3-4-7-13)14-8-5-9-15(14)18-16/h3-10,13H,11H2,1-2H3. The van der Waals surface area contributed by atoms with Gasteiger partial charge in [-0.3, -0.25) is 4.99 Å². The van der Waals surface area contributed by atoms with Gasteiger partial charge in [0.25, 0.3) is 0 Å². The lowest BCUT2D eigenvalue weighted by molar-refractivity contribution is 1.03. The molecule has 0 radical (unpaired) electrons. The van der Waals surface area contributed by atoms with Crippen molar-refractivity contribution < 1.29 is 0 Å². The third kappa shape index (κ3) is 1.86. The number of hydrogen-bond donors (Lipinski definition) is 0. The first-order valence-corrected chi connectivity index (χ1v) is 6.45. The van der Waals surface area contributed by atoms with Gasteiger partial charge in [0.05, 0.1) is 5.70 Å². The molecular weight excluding hydrogens is 218 g/mol. The Morgan fingerprint density at radius 1 is 1.22 bits per heavy atom. The molecule has 2 aliphatic carbocycles. The largest absolute Gasteiger partial charge is 0.252 e. The number of rotatable bonds is 3. The lowest BCUT2D eigenvalue weighted by Crippen LogP contribution is -2.07. The summed E-state index contributed by atoms with van der Waals surface area (Å²) >= 11 is 0. The summed E-state index contributed by atoms with van der Waals surface area (Å²) in [6.07, 6.45) is 18.3. The van der Waals surface area contributed by atoms with Crippen molar-refractivity contribution in [1.82, 2.24) is 0 Å². The molecule has 3 aliphatic rings. The van der Waals surface area contributed by atoms with E-state index in [0.29, 0.717) is 5.92 Å². The molecule has 0 aromatic carbocycles. The van der Waals surface area contributed by atoms with Crippen molar-refractivity contribution in [2.45, 2.75) is 20.3 Å². The van der Waals surface area contributed by atoms with Crippen LogP contribution in [0.2, 0.25) is 0 Å². The third-order valence-electron chi connectivity index (χ3n) is 3.43. The van der Waals surface area contributed by atoms with E-state index in [-0.39, 0.29) is 0 Å². The Labute approximate surface area is 108 Å². The maximum Gasteiger partial charge on any atom is 0.0709 e. The molecule has 0 saturated heterocycles. The lowest BCUT2D eigenvalue weighted by atomic mass is 9.91. The van der Waals surface area contributed by atoms with Gasteiger partial charge in [-0.2, -0.15) is 0 Å². The number of nitrogens with zero attached hydrogens (tertiary/aromatic N) is 1. The minimum atomic E-state index is 0.401. The van der Waals surface area contributed by atoms with Gasteiger partial charge in [-0.05, 0) is 25.5 Å². The Balaban J connectivity index is 1.97.